The fourth-order valence-electron chi connectivity index (χ4n) is 2.38. The molecule has 1 atom stereocenters. The predicted molar refractivity (Wildman–Crippen MR) is 70.8 cm³/mol. The third-order valence-corrected chi connectivity index (χ3v) is 3.57. The Hall–Kier alpha value is -1.32. The number of hydrogen-bond donors (Lipinski definition) is 1. The molecule has 1 aromatic carbocycles. The number of imidazole rings is 1. The van der Waals surface area contributed by atoms with Crippen molar-refractivity contribution in [3.63, 3.8) is 0 Å². The third kappa shape index (κ3) is 2.42. The predicted octanol–water partition coefficient (Wildman–Crippen LogP) is 2.43. The van der Waals surface area contributed by atoms with Crippen molar-refractivity contribution in [3.05, 3.63) is 52.6 Å². The standard InChI is InChI=1S/C14H15ClN2O/c15-11-3-1-10(2-4-11)7-12-8-17-9-13(18)5-6-14(17)16-12/h1-4,8,13,18H,5-7,9H2. The Morgan fingerprint density at radius 2 is 2.11 bits per heavy atom. The molecule has 1 aromatic heterocycles. The van der Waals surface area contributed by atoms with Gasteiger partial charge in [0.25, 0.3) is 0 Å². The molecule has 0 spiro atoms. The number of nitrogens with zero attached hydrogens (tertiary/aromatic N) is 2. The van der Waals surface area contributed by atoms with Gasteiger partial charge in [-0.2, -0.15) is 0 Å². The number of benzene rings is 1. The highest BCUT2D eigenvalue weighted by atomic mass is 35.5. The van der Waals surface area contributed by atoms with Crippen LogP contribution in [0.1, 0.15) is 23.5 Å². The number of aromatic nitrogens is 2. The van der Waals surface area contributed by atoms with Gasteiger partial charge in [-0.25, -0.2) is 4.98 Å². The maximum absolute atomic E-state index is 9.62. The van der Waals surface area contributed by atoms with E-state index in [1.54, 1.807) is 0 Å². The first-order valence-electron chi connectivity index (χ1n) is 6.18. The molecule has 0 fully saturated rings. The van der Waals surface area contributed by atoms with Crippen LogP contribution in [0, 0.1) is 0 Å². The van der Waals surface area contributed by atoms with E-state index in [9.17, 15) is 5.11 Å². The van der Waals surface area contributed by atoms with Crippen molar-refractivity contribution >= 4 is 11.6 Å². The number of aryl methyl sites for hydroxylation is 1. The molecule has 3 rings (SSSR count). The van der Waals surface area contributed by atoms with E-state index < -0.39 is 0 Å². The SMILES string of the molecule is OC1CCc2nc(Cc3ccc(Cl)cc3)cn2C1. The van der Waals surface area contributed by atoms with Gasteiger partial charge in [0, 0.05) is 30.6 Å². The van der Waals surface area contributed by atoms with Crippen LogP contribution in [0.4, 0.5) is 0 Å². The lowest BCUT2D eigenvalue weighted by Gasteiger charge is -2.18. The number of rotatable bonds is 2. The van der Waals surface area contributed by atoms with Crippen LogP contribution in [0.2, 0.25) is 5.02 Å². The summed E-state index contributed by atoms with van der Waals surface area (Å²) in [6.45, 7) is 0.670. The highest BCUT2D eigenvalue weighted by molar-refractivity contribution is 6.30. The molecule has 1 aliphatic rings. The van der Waals surface area contributed by atoms with E-state index in [2.05, 4.69) is 9.55 Å². The summed E-state index contributed by atoms with van der Waals surface area (Å²) in [5.41, 5.74) is 2.26. The van der Waals surface area contributed by atoms with Crippen molar-refractivity contribution in [1.29, 1.82) is 0 Å². The molecule has 4 heteroatoms. The average molecular weight is 263 g/mol. The van der Waals surface area contributed by atoms with Crippen LogP contribution >= 0.6 is 11.6 Å². The largest absolute Gasteiger partial charge is 0.391 e. The Labute approximate surface area is 111 Å². The van der Waals surface area contributed by atoms with Gasteiger partial charge in [-0.3, -0.25) is 0 Å². The van der Waals surface area contributed by atoms with E-state index in [0.717, 1.165) is 35.8 Å². The Kier molecular flexibility index (Phi) is 3.10. The minimum Gasteiger partial charge on any atom is -0.391 e. The summed E-state index contributed by atoms with van der Waals surface area (Å²) in [7, 11) is 0. The third-order valence-electron chi connectivity index (χ3n) is 3.32. The van der Waals surface area contributed by atoms with Crippen molar-refractivity contribution in [2.75, 3.05) is 0 Å². The molecule has 0 saturated heterocycles. The number of fused-ring (bicyclic) bond motifs is 1. The second-order valence-electron chi connectivity index (χ2n) is 4.80. The zero-order valence-electron chi connectivity index (χ0n) is 10.0. The number of halogens is 1. The van der Waals surface area contributed by atoms with Crippen LogP contribution < -0.4 is 0 Å². The lowest BCUT2D eigenvalue weighted by molar-refractivity contribution is 0.130. The number of aliphatic hydroxyl groups excluding tert-OH is 1. The van der Waals surface area contributed by atoms with Crippen molar-refractivity contribution in [1.82, 2.24) is 9.55 Å². The Morgan fingerprint density at radius 3 is 2.89 bits per heavy atom. The number of hydrogen-bond acceptors (Lipinski definition) is 2. The molecule has 2 aromatic rings. The summed E-state index contributed by atoms with van der Waals surface area (Å²) < 4.78 is 2.07. The molecule has 94 valence electrons. The van der Waals surface area contributed by atoms with E-state index in [4.69, 9.17) is 11.6 Å². The van der Waals surface area contributed by atoms with Gasteiger partial charge in [0.15, 0.2) is 0 Å². The van der Waals surface area contributed by atoms with Crippen LogP contribution in [0.15, 0.2) is 30.5 Å². The highest BCUT2D eigenvalue weighted by Gasteiger charge is 2.18. The first-order valence-corrected chi connectivity index (χ1v) is 6.56. The summed E-state index contributed by atoms with van der Waals surface area (Å²) in [5.74, 6) is 1.09. The van der Waals surface area contributed by atoms with Gasteiger partial charge in [-0.1, -0.05) is 23.7 Å². The van der Waals surface area contributed by atoms with E-state index in [-0.39, 0.29) is 6.10 Å². The molecule has 0 amide bonds. The van der Waals surface area contributed by atoms with Crippen molar-refractivity contribution in [3.8, 4) is 0 Å². The van der Waals surface area contributed by atoms with E-state index in [1.807, 2.05) is 30.5 Å². The molecule has 0 saturated carbocycles. The fraction of sp³-hybridized carbons (Fsp3) is 0.357. The second-order valence-corrected chi connectivity index (χ2v) is 5.23. The average Bonchev–Trinajstić information content (AvgIpc) is 2.73. The molecule has 18 heavy (non-hydrogen) atoms. The van der Waals surface area contributed by atoms with Crippen LogP contribution in [0.3, 0.4) is 0 Å². The molecule has 0 radical (unpaired) electrons. The molecule has 0 bridgehead atoms. The summed E-state index contributed by atoms with van der Waals surface area (Å²) in [4.78, 5) is 4.62. The van der Waals surface area contributed by atoms with Gasteiger partial charge in [-0.15, -0.1) is 0 Å². The molecule has 2 heterocycles. The Bertz CT molecular complexity index is 547. The quantitative estimate of drug-likeness (QED) is 0.903. The van der Waals surface area contributed by atoms with E-state index in [1.165, 1.54) is 5.56 Å². The molecule has 0 aliphatic carbocycles. The maximum Gasteiger partial charge on any atom is 0.109 e. The van der Waals surface area contributed by atoms with Gasteiger partial charge < -0.3 is 9.67 Å². The van der Waals surface area contributed by atoms with Gasteiger partial charge in [0.1, 0.15) is 5.82 Å². The minimum absolute atomic E-state index is 0.227. The molecule has 3 nitrogen and oxygen atoms in total. The van der Waals surface area contributed by atoms with Crippen molar-refractivity contribution < 1.29 is 5.11 Å². The molecular formula is C14H15ClN2O. The summed E-state index contributed by atoms with van der Waals surface area (Å²) in [5, 5.41) is 10.4. The highest BCUT2D eigenvalue weighted by Crippen LogP contribution is 2.18. The lowest BCUT2D eigenvalue weighted by Crippen LogP contribution is -2.23. The van der Waals surface area contributed by atoms with Crippen LogP contribution in [0.5, 0.6) is 0 Å². The van der Waals surface area contributed by atoms with Gasteiger partial charge in [-0.05, 0) is 24.1 Å². The van der Waals surface area contributed by atoms with Crippen LogP contribution in [0.25, 0.3) is 0 Å². The molecule has 1 unspecified atom stereocenters. The summed E-state index contributed by atoms with van der Waals surface area (Å²) >= 11 is 5.87. The second kappa shape index (κ2) is 4.75. The molecular weight excluding hydrogens is 248 g/mol. The van der Waals surface area contributed by atoms with Crippen LogP contribution in [-0.2, 0) is 19.4 Å². The van der Waals surface area contributed by atoms with Gasteiger partial charge in [0.05, 0.1) is 11.8 Å². The zero-order valence-corrected chi connectivity index (χ0v) is 10.8. The first-order chi connectivity index (χ1) is 8.70. The molecule has 1 aliphatic heterocycles. The summed E-state index contributed by atoms with van der Waals surface area (Å²) in [6.07, 6.45) is 4.31. The van der Waals surface area contributed by atoms with Crippen molar-refractivity contribution in [2.45, 2.75) is 31.9 Å². The summed E-state index contributed by atoms with van der Waals surface area (Å²) in [6, 6.07) is 7.85. The van der Waals surface area contributed by atoms with Gasteiger partial charge >= 0.3 is 0 Å². The molecule has 1 N–H and O–H groups in total. The van der Waals surface area contributed by atoms with Crippen molar-refractivity contribution in [2.24, 2.45) is 0 Å². The lowest BCUT2D eigenvalue weighted by atomic mass is 10.1. The number of aliphatic hydroxyl groups is 1. The Morgan fingerprint density at radius 1 is 1.33 bits per heavy atom. The van der Waals surface area contributed by atoms with Gasteiger partial charge in [0.2, 0.25) is 0 Å². The Balaban J connectivity index is 1.79. The maximum atomic E-state index is 9.62. The minimum atomic E-state index is -0.227. The van der Waals surface area contributed by atoms with E-state index >= 15 is 0 Å². The smallest absolute Gasteiger partial charge is 0.109 e. The van der Waals surface area contributed by atoms with E-state index in [0.29, 0.717) is 6.54 Å². The fourth-order valence-corrected chi connectivity index (χ4v) is 2.51. The topological polar surface area (TPSA) is 38.1 Å². The normalized spacial score (nSPS) is 18.7. The zero-order chi connectivity index (χ0) is 12.5. The monoisotopic (exact) mass is 262 g/mol. The first kappa shape index (κ1) is 11.8. The van der Waals surface area contributed by atoms with Crippen LogP contribution in [-0.4, -0.2) is 20.8 Å².